The molecule has 2 unspecified atom stereocenters. The van der Waals surface area contributed by atoms with Gasteiger partial charge in [0.15, 0.2) is 0 Å². The summed E-state index contributed by atoms with van der Waals surface area (Å²) in [6, 6.07) is 0.373. The average molecular weight is 252 g/mol. The molecule has 2 atom stereocenters. The minimum atomic E-state index is -4.09. The van der Waals surface area contributed by atoms with E-state index in [-0.39, 0.29) is 6.10 Å². The van der Waals surface area contributed by atoms with Gasteiger partial charge in [0.05, 0.1) is 12.6 Å². The quantitative estimate of drug-likeness (QED) is 0.796. The van der Waals surface area contributed by atoms with E-state index in [1.807, 2.05) is 0 Å². The molecule has 2 fully saturated rings. The number of aliphatic hydroxyl groups is 1. The van der Waals surface area contributed by atoms with Gasteiger partial charge in [-0.2, -0.15) is 13.2 Å². The van der Waals surface area contributed by atoms with Crippen molar-refractivity contribution in [2.75, 3.05) is 32.7 Å². The third-order valence-corrected chi connectivity index (χ3v) is 3.70. The summed E-state index contributed by atoms with van der Waals surface area (Å²) >= 11 is 0. The molecule has 0 spiro atoms. The van der Waals surface area contributed by atoms with Crippen molar-refractivity contribution < 1.29 is 18.3 Å². The summed E-state index contributed by atoms with van der Waals surface area (Å²) in [5.41, 5.74) is 0. The molecular formula is C11H19F3N2O. The molecule has 0 bridgehead atoms. The van der Waals surface area contributed by atoms with Crippen molar-refractivity contribution in [3.05, 3.63) is 0 Å². The zero-order chi connectivity index (χ0) is 12.5. The molecule has 1 aliphatic heterocycles. The van der Waals surface area contributed by atoms with Crippen LogP contribution in [0.1, 0.15) is 19.3 Å². The molecule has 1 heterocycles. The number of hydrogen-bond acceptors (Lipinski definition) is 3. The lowest BCUT2D eigenvalue weighted by atomic mass is 10.2. The Morgan fingerprint density at radius 1 is 1.06 bits per heavy atom. The molecule has 6 heteroatoms. The molecule has 3 nitrogen and oxygen atoms in total. The van der Waals surface area contributed by atoms with Crippen LogP contribution < -0.4 is 0 Å². The van der Waals surface area contributed by atoms with Gasteiger partial charge in [0, 0.05) is 32.2 Å². The highest BCUT2D eigenvalue weighted by molar-refractivity contribution is 4.85. The van der Waals surface area contributed by atoms with E-state index in [0.29, 0.717) is 32.2 Å². The van der Waals surface area contributed by atoms with Gasteiger partial charge in [-0.3, -0.25) is 9.80 Å². The van der Waals surface area contributed by atoms with Gasteiger partial charge in [0.25, 0.3) is 0 Å². The Morgan fingerprint density at radius 2 is 1.71 bits per heavy atom. The van der Waals surface area contributed by atoms with E-state index in [4.69, 9.17) is 0 Å². The lowest BCUT2D eigenvalue weighted by molar-refractivity contribution is -0.149. The zero-order valence-electron chi connectivity index (χ0n) is 9.79. The van der Waals surface area contributed by atoms with Gasteiger partial charge in [0.2, 0.25) is 0 Å². The fourth-order valence-corrected chi connectivity index (χ4v) is 2.81. The van der Waals surface area contributed by atoms with Crippen molar-refractivity contribution in [1.29, 1.82) is 0 Å². The Morgan fingerprint density at radius 3 is 2.18 bits per heavy atom. The van der Waals surface area contributed by atoms with Crippen LogP contribution in [0.4, 0.5) is 13.2 Å². The summed E-state index contributed by atoms with van der Waals surface area (Å²) in [5.74, 6) is 0. The standard InChI is InChI=1S/C11H19F3N2O/c12-11(13,14)8-15-3-5-16(6-4-15)9-1-2-10(17)7-9/h9-10,17H,1-8H2. The van der Waals surface area contributed by atoms with Crippen molar-refractivity contribution in [2.24, 2.45) is 0 Å². The number of rotatable bonds is 2. The largest absolute Gasteiger partial charge is 0.401 e. The summed E-state index contributed by atoms with van der Waals surface area (Å²) in [5, 5.41) is 9.45. The van der Waals surface area contributed by atoms with E-state index in [2.05, 4.69) is 4.90 Å². The molecule has 1 saturated carbocycles. The normalized spacial score (nSPS) is 33.2. The van der Waals surface area contributed by atoms with E-state index in [1.165, 1.54) is 4.90 Å². The maximum absolute atomic E-state index is 12.2. The monoisotopic (exact) mass is 252 g/mol. The number of piperazine rings is 1. The van der Waals surface area contributed by atoms with Crippen LogP contribution >= 0.6 is 0 Å². The van der Waals surface area contributed by atoms with Crippen molar-refractivity contribution in [2.45, 2.75) is 37.6 Å². The number of hydrogen-bond donors (Lipinski definition) is 1. The van der Waals surface area contributed by atoms with Gasteiger partial charge >= 0.3 is 6.18 Å². The first kappa shape index (κ1) is 13.1. The van der Waals surface area contributed by atoms with E-state index in [0.717, 1.165) is 19.3 Å². The number of alkyl halides is 3. The minimum Gasteiger partial charge on any atom is -0.393 e. The average Bonchev–Trinajstić information content (AvgIpc) is 2.63. The van der Waals surface area contributed by atoms with Crippen LogP contribution in [0.25, 0.3) is 0 Å². The van der Waals surface area contributed by atoms with Crippen LogP contribution in [0.3, 0.4) is 0 Å². The molecule has 0 aromatic rings. The van der Waals surface area contributed by atoms with Crippen LogP contribution in [0.5, 0.6) is 0 Å². The first-order valence-electron chi connectivity index (χ1n) is 6.15. The van der Waals surface area contributed by atoms with Gasteiger partial charge in [-0.1, -0.05) is 0 Å². The molecule has 0 amide bonds. The van der Waals surface area contributed by atoms with Gasteiger partial charge < -0.3 is 5.11 Å². The Balaban J connectivity index is 1.74. The topological polar surface area (TPSA) is 26.7 Å². The van der Waals surface area contributed by atoms with Crippen LogP contribution in [-0.4, -0.2) is 66.0 Å². The predicted octanol–water partition coefficient (Wildman–Crippen LogP) is 1.08. The third-order valence-electron chi connectivity index (χ3n) is 3.70. The van der Waals surface area contributed by atoms with E-state index >= 15 is 0 Å². The molecule has 1 N–H and O–H groups in total. The van der Waals surface area contributed by atoms with Crippen LogP contribution in [0.15, 0.2) is 0 Å². The fraction of sp³-hybridized carbons (Fsp3) is 1.00. The molecule has 0 aromatic heterocycles. The molecule has 0 radical (unpaired) electrons. The Kier molecular flexibility index (Phi) is 3.95. The lowest BCUT2D eigenvalue weighted by Gasteiger charge is -2.38. The summed E-state index contributed by atoms with van der Waals surface area (Å²) in [4.78, 5) is 3.69. The van der Waals surface area contributed by atoms with Gasteiger partial charge in [0.1, 0.15) is 0 Å². The number of nitrogens with zero attached hydrogens (tertiary/aromatic N) is 2. The highest BCUT2D eigenvalue weighted by atomic mass is 19.4. The van der Waals surface area contributed by atoms with E-state index in [9.17, 15) is 18.3 Å². The Hall–Kier alpha value is -0.330. The van der Waals surface area contributed by atoms with Gasteiger partial charge in [-0.05, 0) is 19.3 Å². The highest BCUT2D eigenvalue weighted by Gasteiger charge is 2.34. The van der Waals surface area contributed by atoms with E-state index in [1.54, 1.807) is 0 Å². The molecular weight excluding hydrogens is 233 g/mol. The molecule has 1 saturated heterocycles. The second kappa shape index (κ2) is 5.12. The lowest BCUT2D eigenvalue weighted by Crippen LogP contribution is -2.51. The summed E-state index contributed by atoms with van der Waals surface area (Å²) < 4.78 is 36.6. The maximum atomic E-state index is 12.2. The zero-order valence-corrected chi connectivity index (χ0v) is 9.79. The van der Waals surface area contributed by atoms with E-state index < -0.39 is 12.7 Å². The van der Waals surface area contributed by atoms with Gasteiger partial charge in [-0.25, -0.2) is 0 Å². The highest BCUT2D eigenvalue weighted by Crippen LogP contribution is 2.25. The predicted molar refractivity (Wildman–Crippen MR) is 57.7 cm³/mol. The summed E-state index contributed by atoms with van der Waals surface area (Å²) in [6.07, 6.45) is -1.73. The molecule has 0 aromatic carbocycles. The first-order valence-corrected chi connectivity index (χ1v) is 6.15. The smallest absolute Gasteiger partial charge is 0.393 e. The summed E-state index contributed by atoms with van der Waals surface area (Å²) in [6.45, 7) is 1.53. The fourth-order valence-electron chi connectivity index (χ4n) is 2.81. The first-order chi connectivity index (χ1) is 7.94. The molecule has 17 heavy (non-hydrogen) atoms. The van der Waals surface area contributed by atoms with Crippen LogP contribution in [0, 0.1) is 0 Å². The van der Waals surface area contributed by atoms with Crippen molar-refractivity contribution in [1.82, 2.24) is 9.80 Å². The van der Waals surface area contributed by atoms with Crippen LogP contribution in [0.2, 0.25) is 0 Å². The Labute approximate surface area is 99.2 Å². The Bertz CT molecular complexity index is 252. The molecule has 1 aliphatic carbocycles. The molecule has 2 rings (SSSR count). The van der Waals surface area contributed by atoms with Crippen molar-refractivity contribution >= 4 is 0 Å². The summed E-state index contributed by atoms with van der Waals surface area (Å²) in [7, 11) is 0. The SMILES string of the molecule is OC1CCC(N2CCN(CC(F)(F)F)CC2)C1. The minimum absolute atomic E-state index is 0.215. The second-order valence-electron chi connectivity index (χ2n) is 5.05. The molecule has 100 valence electrons. The van der Waals surface area contributed by atoms with Crippen molar-refractivity contribution in [3.63, 3.8) is 0 Å². The number of halogens is 3. The van der Waals surface area contributed by atoms with Crippen LogP contribution in [-0.2, 0) is 0 Å². The van der Waals surface area contributed by atoms with Gasteiger partial charge in [-0.15, -0.1) is 0 Å². The number of aliphatic hydroxyl groups excluding tert-OH is 1. The maximum Gasteiger partial charge on any atom is 0.401 e. The third kappa shape index (κ3) is 3.82. The molecule has 2 aliphatic rings. The second-order valence-corrected chi connectivity index (χ2v) is 5.05. The van der Waals surface area contributed by atoms with Crippen molar-refractivity contribution in [3.8, 4) is 0 Å².